The van der Waals surface area contributed by atoms with E-state index in [1.54, 1.807) is 27.9 Å². The van der Waals surface area contributed by atoms with Gasteiger partial charge in [0, 0.05) is 25.6 Å². The minimum atomic E-state index is -1.17. The molecule has 35 heavy (non-hydrogen) atoms. The average Bonchev–Trinajstić information content (AvgIpc) is 2.82. The minimum Gasteiger partial charge on any atom is -0.463 e. The SMILES string of the molecule is C#CCOc1cnc(/C(F)=C/c2ccc(F)c([C@@]3(C)N=C(N)S[C@](C)(C(=O)N(C)C)[C@H]3C)c2)cn1. The van der Waals surface area contributed by atoms with Gasteiger partial charge >= 0.3 is 0 Å². The molecule has 1 aliphatic heterocycles. The average molecular weight is 500 g/mol. The molecule has 1 aromatic heterocycles. The zero-order valence-corrected chi connectivity index (χ0v) is 21.0. The summed E-state index contributed by atoms with van der Waals surface area (Å²) in [5, 5.41) is 0.178. The molecule has 2 heterocycles. The fraction of sp³-hybridized carbons (Fsp3) is 0.360. The van der Waals surface area contributed by atoms with Crippen LogP contribution in [0.1, 0.15) is 37.6 Å². The van der Waals surface area contributed by atoms with Gasteiger partial charge in [0.15, 0.2) is 17.6 Å². The third-order valence-corrected chi connectivity index (χ3v) is 7.42. The zero-order valence-electron chi connectivity index (χ0n) is 20.2. The largest absolute Gasteiger partial charge is 0.463 e. The van der Waals surface area contributed by atoms with Crippen molar-refractivity contribution in [2.75, 3.05) is 20.7 Å². The Morgan fingerprint density at radius 2 is 2.06 bits per heavy atom. The first-order valence-electron chi connectivity index (χ1n) is 10.7. The smallest absolute Gasteiger partial charge is 0.238 e. The molecule has 2 aromatic rings. The molecule has 1 amide bonds. The van der Waals surface area contributed by atoms with E-state index in [4.69, 9.17) is 16.9 Å². The summed E-state index contributed by atoms with van der Waals surface area (Å²) >= 11 is 1.16. The highest BCUT2D eigenvalue weighted by Gasteiger charge is 2.54. The van der Waals surface area contributed by atoms with Crippen molar-refractivity contribution in [3.8, 4) is 18.2 Å². The Labute approximate surface area is 207 Å². The molecular formula is C25H27F2N5O2S. The Morgan fingerprint density at radius 1 is 1.34 bits per heavy atom. The molecule has 2 N–H and O–H groups in total. The lowest BCUT2D eigenvalue weighted by atomic mass is 9.73. The van der Waals surface area contributed by atoms with E-state index in [0.717, 1.165) is 11.8 Å². The summed E-state index contributed by atoms with van der Waals surface area (Å²) in [6, 6.07) is 4.20. The molecule has 1 aromatic carbocycles. The number of rotatable bonds is 6. The number of aliphatic imine (C=N–C) groups is 1. The third kappa shape index (κ3) is 5.15. The van der Waals surface area contributed by atoms with Gasteiger partial charge in [0.05, 0.1) is 17.9 Å². The number of carbonyl (C=O) groups excluding carboxylic acids is 1. The molecule has 1 aliphatic rings. The lowest BCUT2D eigenvalue weighted by molar-refractivity contribution is -0.132. The second-order valence-corrected chi connectivity index (χ2v) is 10.2. The molecule has 3 atom stereocenters. The summed E-state index contributed by atoms with van der Waals surface area (Å²) in [6.07, 6.45) is 8.83. The van der Waals surface area contributed by atoms with Crippen LogP contribution in [0.2, 0.25) is 0 Å². The molecule has 0 bridgehead atoms. The number of hydrogen-bond donors (Lipinski definition) is 1. The van der Waals surface area contributed by atoms with Crippen LogP contribution in [0.4, 0.5) is 8.78 Å². The number of nitrogens with zero attached hydrogens (tertiary/aromatic N) is 4. The van der Waals surface area contributed by atoms with Crippen LogP contribution < -0.4 is 10.5 Å². The van der Waals surface area contributed by atoms with Gasteiger partial charge in [-0.1, -0.05) is 30.7 Å². The second-order valence-electron chi connectivity index (χ2n) is 8.69. The van der Waals surface area contributed by atoms with Crippen LogP contribution in [0.3, 0.4) is 0 Å². The van der Waals surface area contributed by atoms with Gasteiger partial charge in [-0.25, -0.2) is 18.7 Å². The van der Waals surface area contributed by atoms with Gasteiger partial charge < -0.3 is 15.4 Å². The molecule has 0 radical (unpaired) electrons. The highest BCUT2D eigenvalue weighted by atomic mass is 32.2. The molecule has 0 fully saturated rings. The lowest BCUT2D eigenvalue weighted by Gasteiger charge is -2.47. The lowest BCUT2D eigenvalue weighted by Crippen LogP contribution is -2.56. The molecule has 7 nitrogen and oxygen atoms in total. The minimum absolute atomic E-state index is 0.0204. The van der Waals surface area contributed by atoms with Crippen LogP contribution in [0.25, 0.3) is 11.9 Å². The standard InChI is InChI=1S/C25H27F2N5O2S/c1-7-10-34-21-14-29-20(13-30-21)19(27)12-16-8-9-18(26)17(11-16)24(3)15(2)25(4,22(33)32(5)6)35-23(28)31-24/h1,8-9,11-15H,10H2,2-6H3,(H2,28,31)/b19-12-/t15-,24-,25-/m0/s1. The maximum absolute atomic E-state index is 15.1. The summed E-state index contributed by atoms with van der Waals surface area (Å²) < 4.78 is 34.2. The van der Waals surface area contributed by atoms with E-state index in [1.807, 2.05) is 6.92 Å². The first kappa shape index (κ1) is 26.2. The molecule has 0 aliphatic carbocycles. The number of thioether (sulfide) groups is 1. The van der Waals surface area contributed by atoms with Gasteiger partial charge in [0.1, 0.15) is 16.3 Å². The number of amides is 1. The Bertz CT molecular complexity index is 1230. The maximum Gasteiger partial charge on any atom is 0.238 e. The third-order valence-electron chi connectivity index (χ3n) is 6.16. The van der Waals surface area contributed by atoms with E-state index in [-0.39, 0.29) is 34.8 Å². The molecule has 0 saturated carbocycles. The van der Waals surface area contributed by atoms with Gasteiger partial charge in [-0.15, -0.1) is 6.42 Å². The van der Waals surface area contributed by atoms with Gasteiger partial charge in [-0.05, 0) is 37.6 Å². The van der Waals surface area contributed by atoms with Gasteiger partial charge in [-0.2, -0.15) is 0 Å². The Hall–Kier alpha value is -3.45. The molecule has 0 unspecified atom stereocenters. The monoisotopic (exact) mass is 499 g/mol. The molecule has 0 spiro atoms. The van der Waals surface area contributed by atoms with E-state index < -0.39 is 27.8 Å². The number of carbonyl (C=O) groups is 1. The van der Waals surface area contributed by atoms with Crippen molar-refractivity contribution >= 4 is 34.7 Å². The van der Waals surface area contributed by atoms with E-state index >= 15 is 4.39 Å². The summed E-state index contributed by atoms with van der Waals surface area (Å²) in [7, 11) is 3.32. The number of halogens is 2. The normalized spacial score (nSPS) is 24.3. The number of terminal acetylenes is 1. The molecule has 3 rings (SSSR count). The number of nitrogens with two attached hydrogens (primary N) is 1. The molecule has 10 heteroatoms. The van der Waals surface area contributed by atoms with Gasteiger partial charge in [0.2, 0.25) is 11.8 Å². The van der Waals surface area contributed by atoms with E-state index in [0.29, 0.717) is 5.56 Å². The first-order valence-corrected chi connectivity index (χ1v) is 11.6. The van der Waals surface area contributed by atoms with Crippen molar-refractivity contribution < 1.29 is 18.3 Å². The predicted octanol–water partition coefficient (Wildman–Crippen LogP) is 3.86. The number of benzene rings is 1. The number of hydrogen-bond acceptors (Lipinski definition) is 7. The van der Waals surface area contributed by atoms with Gasteiger partial charge in [-0.3, -0.25) is 9.79 Å². The van der Waals surface area contributed by atoms with Crippen molar-refractivity contribution in [2.24, 2.45) is 16.6 Å². The van der Waals surface area contributed by atoms with Crippen molar-refractivity contribution in [1.29, 1.82) is 0 Å². The number of ether oxygens (including phenoxy) is 1. The fourth-order valence-electron chi connectivity index (χ4n) is 4.03. The quantitative estimate of drug-likeness (QED) is 0.607. The van der Waals surface area contributed by atoms with Crippen LogP contribution in [-0.4, -0.2) is 51.4 Å². The predicted molar refractivity (Wildman–Crippen MR) is 135 cm³/mol. The van der Waals surface area contributed by atoms with Crippen LogP contribution >= 0.6 is 11.8 Å². The Balaban J connectivity index is 2.00. The molecule has 184 valence electrons. The van der Waals surface area contributed by atoms with Crippen molar-refractivity contribution in [3.05, 3.63) is 53.2 Å². The first-order chi connectivity index (χ1) is 16.4. The van der Waals surface area contributed by atoms with Crippen molar-refractivity contribution in [1.82, 2.24) is 14.9 Å². The van der Waals surface area contributed by atoms with Crippen molar-refractivity contribution in [3.63, 3.8) is 0 Å². The van der Waals surface area contributed by atoms with E-state index in [1.165, 1.54) is 41.6 Å². The van der Waals surface area contributed by atoms with Crippen LogP contribution in [0, 0.1) is 24.1 Å². The molecular weight excluding hydrogens is 472 g/mol. The Kier molecular flexibility index (Phi) is 7.50. The maximum atomic E-state index is 15.1. The fourth-order valence-corrected chi connectivity index (χ4v) is 5.37. The number of aromatic nitrogens is 2. The highest BCUT2D eigenvalue weighted by Crippen LogP contribution is 2.51. The summed E-state index contributed by atoms with van der Waals surface area (Å²) in [5.74, 6) is 0.669. The van der Waals surface area contributed by atoms with Crippen LogP contribution in [0.5, 0.6) is 5.88 Å². The van der Waals surface area contributed by atoms with Crippen LogP contribution in [-0.2, 0) is 10.3 Å². The van der Waals surface area contributed by atoms with Gasteiger partial charge in [0.25, 0.3) is 0 Å². The number of amidine groups is 1. The Morgan fingerprint density at radius 3 is 2.66 bits per heavy atom. The van der Waals surface area contributed by atoms with Crippen molar-refractivity contribution in [2.45, 2.75) is 31.1 Å². The zero-order chi connectivity index (χ0) is 26.0. The molecule has 0 saturated heterocycles. The topological polar surface area (TPSA) is 93.7 Å². The van der Waals surface area contributed by atoms with E-state index in [9.17, 15) is 9.18 Å². The van der Waals surface area contributed by atoms with Crippen LogP contribution in [0.15, 0.2) is 35.6 Å². The van der Waals surface area contributed by atoms with E-state index in [2.05, 4.69) is 20.9 Å². The second kappa shape index (κ2) is 10.0. The summed E-state index contributed by atoms with van der Waals surface area (Å²) in [5.41, 5.74) is 5.52. The summed E-state index contributed by atoms with van der Waals surface area (Å²) in [4.78, 5) is 27.0. The summed E-state index contributed by atoms with van der Waals surface area (Å²) in [6.45, 7) is 5.37. The highest BCUT2D eigenvalue weighted by molar-refractivity contribution is 8.15.